The van der Waals surface area contributed by atoms with E-state index in [0.717, 1.165) is 0 Å². The van der Waals surface area contributed by atoms with Gasteiger partial charge in [-0.05, 0) is 0 Å². The van der Waals surface area contributed by atoms with Crippen molar-refractivity contribution < 1.29 is 38.1 Å². The summed E-state index contributed by atoms with van der Waals surface area (Å²) in [6, 6.07) is 0. The third-order valence-electron chi connectivity index (χ3n) is 1.86. The zero-order valence-corrected chi connectivity index (χ0v) is 7.57. The topological polar surface area (TPSA) is 145 Å². The van der Waals surface area contributed by atoms with E-state index in [0.29, 0.717) is 0 Å². The summed E-state index contributed by atoms with van der Waals surface area (Å²) in [7, 11) is -4.82. The minimum atomic E-state index is -4.82. The van der Waals surface area contributed by atoms with Crippen molar-refractivity contribution in [1.29, 1.82) is 0 Å². The second-order valence-corrected chi connectivity index (χ2v) is 4.39. The molecule has 1 rings (SSSR count). The number of ether oxygens (including phenoxy) is 1. The molecule has 0 aliphatic carbocycles. The predicted molar refractivity (Wildman–Crippen MR) is 40.4 cm³/mol. The lowest BCUT2D eigenvalue weighted by Crippen LogP contribution is -2.42. The van der Waals surface area contributed by atoms with Crippen LogP contribution in [0.25, 0.3) is 0 Å². The van der Waals surface area contributed by atoms with Gasteiger partial charge in [0.15, 0.2) is 6.29 Å². The minimum Gasteiger partial charge on any atom is -0.387 e. The van der Waals surface area contributed by atoms with Gasteiger partial charge in [0.25, 0.3) is 10.1 Å². The monoisotopic (exact) mass is 230 g/mol. The zero-order chi connectivity index (χ0) is 11.1. The van der Waals surface area contributed by atoms with Crippen LogP contribution in [0.5, 0.6) is 0 Å². The van der Waals surface area contributed by atoms with Gasteiger partial charge in [0.1, 0.15) is 18.3 Å². The third kappa shape index (κ3) is 2.03. The summed E-state index contributed by atoms with van der Waals surface area (Å²) in [5, 5.41) is 35.8. The van der Waals surface area contributed by atoms with E-state index < -0.39 is 40.2 Å². The van der Waals surface area contributed by atoms with E-state index in [1.165, 1.54) is 0 Å². The number of aliphatic hydroxyl groups excluding tert-OH is 4. The highest BCUT2D eigenvalue weighted by Crippen LogP contribution is 2.23. The first kappa shape index (κ1) is 11.8. The molecule has 8 nitrogen and oxygen atoms in total. The van der Waals surface area contributed by atoms with Gasteiger partial charge in [0.2, 0.25) is 5.44 Å². The molecule has 0 aromatic heterocycles. The summed E-state index contributed by atoms with van der Waals surface area (Å²) in [6.07, 6.45) is -7.10. The van der Waals surface area contributed by atoms with Crippen LogP contribution in [0.15, 0.2) is 0 Å². The molecule has 0 aromatic rings. The molecule has 84 valence electrons. The van der Waals surface area contributed by atoms with E-state index in [-0.39, 0.29) is 0 Å². The van der Waals surface area contributed by atoms with Crippen LogP contribution in [0, 0.1) is 0 Å². The maximum atomic E-state index is 10.4. The number of hydrogen-bond acceptors (Lipinski definition) is 7. The largest absolute Gasteiger partial charge is 0.387 e. The Morgan fingerprint density at radius 2 is 1.64 bits per heavy atom. The zero-order valence-electron chi connectivity index (χ0n) is 6.76. The fourth-order valence-corrected chi connectivity index (χ4v) is 1.65. The van der Waals surface area contributed by atoms with E-state index in [1.54, 1.807) is 0 Å². The van der Waals surface area contributed by atoms with Crippen LogP contribution in [-0.2, 0) is 14.9 Å². The Kier molecular flexibility index (Phi) is 3.11. The van der Waals surface area contributed by atoms with E-state index in [4.69, 9.17) is 25.0 Å². The fourth-order valence-electron chi connectivity index (χ4n) is 1.09. The van der Waals surface area contributed by atoms with Gasteiger partial charge in [-0.25, -0.2) is 0 Å². The van der Waals surface area contributed by atoms with E-state index in [2.05, 4.69) is 4.74 Å². The lowest BCUT2D eigenvalue weighted by Gasteiger charge is -2.17. The van der Waals surface area contributed by atoms with Crippen LogP contribution in [0.4, 0.5) is 0 Å². The van der Waals surface area contributed by atoms with E-state index in [9.17, 15) is 8.42 Å². The highest BCUT2D eigenvalue weighted by molar-refractivity contribution is 7.86. The fraction of sp³-hybridized carbons (Fsp3) is 1.00. The van der Waals surface area contributed by atoms with Crippen molar-refractivity contribution in [3.63, 3.8) is 0 Å². The van der Waals surface area contributed by atoms with Crippen molar-refractivity contribution in [2.24, 2.45) is 0 Å². The van der Waals surface area contributed by atoms with Gasteiger partial charge >= 0.3 is 0 Å². The average molecular weight is 230 g/mol. The Bertz CT molecular complexity index is 299. The molecule has 1 unspecified atom stereocenters. The van der Waals surface area contributed by atoms with Crippen molar-refractivity contribution in [2.75, 3.05) is 0 Å². The number of hydrogen-bond donors (Lipinski definition) is 5. The quantitative estimate of drug-likeness (QED) is 0.309. The summed E-state index contributed by atoms with van der Waals surface area (Å²) in [4.78, 5) is 0. The summed E-state index contributed by atoms with van der Waals surface area (Å²) >= 11 is 0. The van der Waals surface area contributed by atoms with Crippen molar-refractivity contribution in [3.8, 4) is 0 Å². The Labute approximate surface area is 79.1 Å². The molecular weight excluding hydrogens is 220 g/mol. The average Bonchev–Trinajstić information content (AvgIpc) is 2.30. The van der Waals surface area contributed by atoms with Gasteiger partial charge in [0, 0.05) is 0 Å². The molecule has 5 atom stereocenters. The first-order valence-electron chi connectivity index (χ1n) is 3.59. The number of rotatable bonds is 2. The van der Waals surface area contributed by atoms with Crippen LogP contribution in [0.2, 0.25) is 0 Å². The molecule has 9 heteroatoms. The molecule has 0 bridgehead atoms. The standard InChI is InChI=1S/C5H10O8S/c6-1-2(7)4(8)13-3(1)5(9)14(10,11)12/h1-9H,(H,10,11,12)/t1-,2-,3+,4+,5?/m1/s1. The molecule has 1 saturated heterocycles. The van der Waals surface area contributed by atoms with Crippen LogP contribution in [0.3, 0.4) is 0 Å². The lowest BCUT2D eigenvalue weighted by molar-refractivity contribution is -0.137. The molecule has 14 heavy (non-hydrogen) atoms. The summed E-state index contributed by atoms with van der Waals surface area (Å²) < 4.78 is 33.6. The van der Waals surface area contributed by atoms with Crippen molar-refractivity contribution in [2.45, 2.75) is 30.0 Å². The predicted octanol–water partition coefficient (Wildman–Crippen LogP) is -3.37. The van der Waals surface area contributed by atoms with Gasteiger partial charge in [-0.2, -0.15) is 8.42 Å². The van der Waals surface area contributed by atoms with Crippen molar-refractivity contribution >= 4 is 10.1 Å². The normalized spacial score (nSPS) is 41.2. The molecule has 1 aliphatic heterocycles. The Morgan fingerprint density at radius 3 is 1.93 bits per heavy atom. The van der Waals surface area contributed by atoms with Gasteiger partial charge in [-0.15, -0.1) is 0 Å². The Morgan fingerprint density at radius 1 is 1.14 bits per heavy atom. The molecule has 0 radical (unpaired) electrons. The second-order valence-electron chi connectivity index (χ2n) is 2.88. The molecule has 1 fully saturated rings. The lowest BCUT2D eigenvalue weighted by atomic mass is 10.1. The third-order valence-corrected chi connectivity index (χ3v) is 2.74. The molecule has 0 saturated carbocycles. The van der Waals surface area contributed by atoms with Gasteiger partial charge in [-0.3, -0.25) is 4.55 Å². The highest BCUT2D eigenvalue weighted by atomic mass is 32.2. The molecule has 1 heterocycles. The molecule has 5 N–H and O–H groups in total. The van der Waals surface area contributed by atoms with E-state index >= 15 is 0 Å². The first-order valence-corrected chi connectivity index (χ1v) is 5.09. The van der Waals surface area contributed by atoms with Crippen LogP contribution in [0.1, 0.15) is 0 Å². The van der Waals surface area contributed by atoms with Crippen LogP contribution >= 0.6 is 0 Å². The SMILES string of the molecule is O=S(=O)(O)C(O)[C@H]1O[C@H](O)[C@H](O)[C@H]1O. The molecule has 0 amide bonds. The summed E-state index contributed by atoms with van der Waals surface area (Å²) in [6.45, 7) is 0. The van der Waals surface area contributed by atoms with Crippen molar-refractivity contribution in [1.82, 2.24) is 0 Å². The summed E-state index contributed by atoms with van der Waals surface area (Å²) in [5.41, 5.74) is -2.41. The van der Waals surface area contributed by atoms with Crippen molar-refractivity contribution in [3.05, 3.63) is 0 Å². The minimum absolute atomic E-state index is 1.73. The van der Waals surface area contributed by atoms with Gasteiger partial charge < -0.3 is 25.2 Å². The van der Waals surface area contributed by atoms with Crippen LogP contribution in [-0.4, -0.2) is 63.4 Å². The van der Waals surface area contributed by atoms with E-state index in [1.807, 2.05) is 0 Å². The number of aliphatic hydroxyl groups is 4. The highest BCUT2D eigenvalue weighted by Gasteiger charge is 2.48. The van der Waals surface area contributed by atoms with Crippen LogP contribution < -0.4 is 0 Å². The molecule has 1 aliphatic rings. The summed E-state index contributed by atoms with van der Waals surface area (Å²) in [5.74, 6) is 0. The van der Waals surface area contributed by atoms with Gasteiger partial charge in [0.05, 0.1) is 0 Å². The van der Waals surface area contributed by atoms with Gasteiger partial charge in [-0.1, -0.05) is 0 Å². The maximum Gasteiger partial charge on any atom is 0.294 e. The Balaban J connectivity index is 2.82. The smallest absolute Gasteiger partial charge is 0.294 e. The molecule has 0 spiro atoms. The molecular formula is C5H10O8S. The first-order chi connectivity index (χ1) is 6.25. The second kappa shape index (κ2) is 3.70. The molecule has 0 aromatic carbocycles. The maximum absolute atomic E-state index is 10.4. The Hall–Kier alpha value is -0.290.